The quantitative estimate of drug-likeness (QED) is 0.556. The lowest BCUT2D eigenvalue weighted by Crippen LogP contribution is -2.25. The number of nitrogens with one attached hydrogen (secondary N) is 2. The van der Waals surface area contributed by atoms with Crippen molar-refractivity contribution in [1.82, 2.24) is 15.2 Å². The van der Waals surface area contributed by atoms with Crippen molar-refractivity contribution in [2.75, 3.05) is 25.0 Å². The summed E-state index contributed by atoms with van der Waals surface area (Å²) >= 11 is 4.78. The fourth-order valence-electron chi connectivity index (χ4n) is 0.742. The van der Waals surface area contributed by atoms with E-state index in [9.17, 15) is 0 Å². The van der Waals surface area contributed by atoms with Crippen LogP contribution in [-0.4, -0.2) is 35.3 Å². The molecule has 11 heavy (non-hydrogen) atoms. The highest BCUT2D eigenvalue weighted by molar-refractivity contribution is 7.71. The maximum atomic E-state index is 5.35. The predicted octanol–water partition coefficient (Wildman–Crippen LogP) is -0.138. The summed E-state index contributed by atoms with van der Waals surface area (Å²) < 4.78 is 0.462. The number of H-pyrrole nitrogens is 2. The minimum Gasteiger partial charge on any atom is -0.343 e. The third kappa shape index (κ3) is 2.02. The maximum absolute atomic E-state index is 5.35. The van der Waals surface area contributed by atoms with E-state index in [-0.39, 0.29) is 0 Å². The molecule has 0 aliphatic rings. The first-order valence-corrected chi connectivity index (χ1v) is 3.70. The van der Waals surface area contributed by atoms with Crippen molar-refractivity contribution in [3.05, 3.63) is 4.77 Å². The van der Waals surface area contributed by atoms with Gasteiger partial charge in [0.1, 0.15) is 0 Å². The summed E-state index contributed by atoms with van der Waals surface area (Å²) in [7, 11) is 1.90. The van der Waals surface area contributed by atoms with Gasteiger partial charge in [0.05, 0.1) is 0 Å². The molecule has 6 heteroatoms. The first-order chi connectivity index (χ1) is 5.24. The van der Waals surface area contributed by atoms with Crippen LogP contribution in [0.2, 0.25) is 0 Å². The fraction of sp³-hybridized carbons (Fsp3) is 0.600. The highest BCUT2D eigenvalue weighted by atomic mass is 32.1. The number of nitrogens with two attached hydrogens (primary N) is 1. The summed E-state index contributed by atoms with van der Waals surface area (Å²) in [4.78, 5) is 5.90. The summed E-state index contributed by atoms with van der Waals surface area (Å²) in [6.45, 7) is 1.36. The Morgan fingerprint density at radius 2 is 2.36 bits per heavy atom. The van der Waals surface area contributed by atoms with Crippen molar-refractivity contribution >= 4 is 18.2 Å². The molecule has 0 fully saturated rings. The minimum atomic E-state index is 0.462. The zero-order chi connectivity index (χ0) is 8.27. The molecular formula is C5H11N5S. The SMILES string of the molecule is CN(CCN)c1nc(=S)[nH][nH]1. The fourth-order valence-corrected chi connectivity index (χ4v) is 0.879. The zero-order valence-corrected chi connectivity index (χ0v) is 7.11. The minimum absolute atomic E-state index is 0.462. The van der Waals surface area contributed by atoms with Crippen LogP contribution in [0.5, 0.6) is 0 Å². The lowest BCUT2D eigenvalue weighted by atomic mass is 10.6. The second-order valence-corrected chi connectivity index (χ2v) is 2.59. The molecule has 0 saturated carbocycles. The second kappa shape index (κ2) is 3.49. The standard InChI is InChI=1S/C5H11N5S/c1-10(3-2-6)4-7-5(11)9-8-4/h2-3,6H2,1H3,(H2,7,8,9,11). The Kier molecular flexibility index (Phi) is 2.61. The molecule has 1 aromatic rings. The van der Waals surface area contributed by atoms with Gasteiger partial charge in [-0.2, -0.15) is 4.98 Å². The number of nitrogens with zero attached hydrogens (tertiary/aromatic N) is 2. The molecule has 0 amide bonds. The van der Waals surface area contributed by atoms with Gasteiger partial charge >= 0.3 is 0 Å². The van der Waals surface area contributed by atoms with Crippen molar-refractivity contribution in [3.8, 4) is 0 Å². The number of aromatic amines is 2. The number of rotatable bonds is 3. The molecule has 1 heterocycles. The van der Waals surface area contributed by atoms with E-state index in [4.69, 9.17) is 18.0 Å². The summed E-state index contributed by atoms with van der Waals surface area (Å²) in [5, 5.41) is 5.52. The van der Waals surface area contributed by atoms with Gasteiger partial charge in [-0.1, -0.05) is 0 Å². The topological polar surface area (TPSA) is 73.7 Å². The number of anilines is 1. The molecule has 0 aliphatic carbocycles. The van der Waals surface area contributed by atoms with Crippen molar-refractivity contribution in [2.24, 2.45) is 5.73 Å². The van der Waals surface area contributed by atoms with Crippen molar-refractivity contribution in [1.29, 1.82) is 0 Å². The van der Waals surface area contributed by atoms with Crippen molar-refractivity contribution in [2.45, 2.75) is 0 Å². The van der Waals surface area contributed by atoms with Crippen molar-refractivity contribution in [3.63, 3.8) is 0 Å². The molecule has 4 N–H and O–H groups in total. The Balaban J connectivity index is 2.68. The molecule has 0 radical (unpaired) electrons. The van der Waals surface area contributed by atoms with Gasteiger partial charge in [-0.25, -0.2) is 0 Å². The van der Waals surface area contributed by atoms with E-state index in [0.29, 0.717) is 11.3 Å². The molecule has 1 rings (SSSR count). The molecule has 0 aliphatic heterocycles. The summed E-state index contributed by atoms with van der Waals surface area (Å²) in [5.41, 5.74) is 5.35. The number of hydrogen-bond acceptors (Lipinski definition) is 4. The van der Waals surface area contributed by atoms with Crippen LogP contribution in [-0.2, 0) is 0 Å². The third-order valence-electron chi connectivity index (χ3n) is 1.31. The average molecular weight is 173 g/mol. The monoisotopic (exact) mass is 173 g/mol. The van der Waals surface area contributed by atoms with Crippen LogP contribution in [0, 0.1) is 4.77 Å². The molecular weight excluding hydrogens is 162 g/mol. The molecule has 0 aromatic carbocycles. The van der Waals surface area contributed by atoms with Gasteiger partial charge in [-0.15, -0.1) is 0 Å². The first kappa shape index (κ1) is 8.22. The van der Waals surface area contributed by atoms with Gasteiger partial charge in [-0.05, 0) is 12.2 Å². The zero-order valence-electron chi connectivity index (χ0n) is 6.29. The van der Waals surface area contributed by atoms with Gasteiger partial charge in [0.2, 0.25) is 10.7 Å². The van der Waals surface area contributed by atoms with Crippen molar-refractivity contribution < 1.29 is 0 Å². The number of aromatic nitrogens is 3. The molecule has 5 nitrogen and oxygen atoms in total. The van der Waals surface area contributed by atoms with E-state index in [0.717, 1.165) is 12.5 Å². The summed E-state index contributed by atoms with van der Waals surface area (Å²) in [5.74, 6) is 0.723. The Bertz CT molecular complexity index is 264. The van der Waals surface area contributed by atoms with E-state index in [1.807, 2.05) is 11.9 Å². The van der Waals surface area contributed by atoms with E-state index in [2.05, 4.69) is 15.2 Å². The lowest BCUT2D eigenvalue weighted by Gasteiger charge is -2.12. The molecule has 0 saturated heterocycles. The Morgan fingerprint density at radius 3 is 2.82 bits per heavy atom. The van der Waals surface area contributed by atoms with Crippen LogP contribution in [0.3, 0.4) is 0 Å². The normalized spacial score (nSPS) is 10.0. The van der Waals surface area contributed by atoms with Crippen LogP contribution in [0.15, 0.2) is 0 Å². The van der Waals surface area contributed by atoms with E-state index in [1.54, 1.807) is 0 Å². The molecule has 0 spiro atoms. The highest BCUT2D eigenvalue weighted by Crippen LogP contribution is 1.99. The second-order valence-electron chi connectivity index (χ2n) is 2.20. The van der Waals surface area contributed by atoms with Gasteiger partial charge < -0.3 is 10.6 Å². The highest BCUT2D eigenvalue weighted by Gasteiger charge is 2.00. The average Bonchev–Trinajstić information content (AvgIpc) is 2.36. The Hall–Kier alpha value is -0.880. The van der Waals surface area contributed by atoms with Crippen LogP contribution in [0.4, 0.5) is 5.95 Å². The Morgan fingerprint density at radius 1 is 1.64 bits per heavy atom. The van der Waals surface area contributed by atoms with Crippen LogP contribution >= 0.6 is 12.2 Å². The van der Waals surface area contributed by atoms with Gasteiger partial charge in [-0.3, -0.25) is 10.2 Å². The molecule has 0 atom stereocenters. The maximum Gasteiger partial charge on any atom is 0.220 e. The third-order valence-corrected chi connectivity index (χ3v) is 1.51. The van der Waals surface area contributed by atoms with Crippen LogP contribution in [0.25, 0.3) is 0 Å². The number of hydrogen-bond donors (Lipinski definition) is 3. The molecule has 62 valence electrons. The largest absolute Gasteiger partial charge is 0.343 e. The van der Waals surface area contributed by atoms with Gasteiger partial charge in [0.25, 0.3) is 0 Å². The molecule has 0 unspecified atom stereocenters. The smallest absolute Gasteiger partial charge is 0.220 e. The molecule has 0 bridgehead atoms. The van der Waals surface area contributed by atoms with Gasteiger partial charge in [0.15, 0.2) is 0 Å². The molecule has 1 aromatic heterocycles. The van der Waals surface area contributed by atoms with Crippen LogP contribution < -0.4 is 10.6 Å². The first-order valence-electron chi connectivity index (χ1n) is 3.30. The van der Waals surface area contributed by atoms with Crippen LogP contribution in [0.1, 0.15) is 0 Å². The van der Waals surface area contributed by atoms with E-state index < -0.39 is 0 Å². The van der Waals surface area contributed by atoms with E-state index >= 15 is 0 Å². The summed E-state index contributed by atoms with van der Waals surface area (Å²) in [6.07, 6.45) is 0. The Labute approximate surface area is 69.6 Å². The lowest BCUT2D eigenvalue weighted by molar-refractivity contribution is 0.849. The summed E-state index contributed by atoms with van der Waals surface area (Å²) in [6, 6.07) is 0. The van der Waals surface area contributed by atoms with E-state index in [1.165, 1.54) is 0 Å². The predicted molar refractivity (Wildman–Crippen MR) is 46.1 cm³/mol. The van der Waals surface area contributed by atoms with Gasteiger partial charge in [0, 0.05) is 20.1 Å². The number of likely N-dealkylation sites (N-methyl/N-ethyl adjacent to an activating group) is 1.